The molecule has 2 rings (SSSR count). The van der Waals surface area contributed by atoms with Gasteiger partial charge in [-0.1, -0.05) is 6.08 Å². The fourth-order valence-corrected chi connectivity index (χ4v) is 1.67. The van der Waals surface area contributed by atoms with E-state index in [9.17, 15) is 18.0 Å². The molecule has 8 heteroatoms. The standard InChI is InChI=1S/C15H13F3N4O/c1-2-9-19-12-7-8-13(22-21-12)20-14(23)10-3-5-11(6-4-10)15(16,17)18/h2-8H,1,9H2,(H,19,21)(H,20,22,23). The number of benzene rings is 1. The summed E-state index contributed by atoms with van der Waals surface area (Å²) in [6.45, 7) is 4.07. The Morgan fingerprint density at radius 1 is 1.09 bits per heavy atom. The summed E-state index contributed by atoms with van der Waals surface area (Å²) in [4.78, 5) is 11.9. The molecule has 0 unspecified atom stereocenters. The summed E-state index contributed by atoms with van der Waals surface area (Å²) >= 11 is 0. The molecule has 0 radical (unpaired) electrons. The molecule has 0 saturated heterocycles. The van der Waals surface area contributed by atoms with Gasteiger partial charge < -0.3 is 10.6 Å². The maximum atomic E-state index is 12.5. The first-order valence-corrected chi connectivity index (χ1v) is 6.57. The van der Waals surface area contributed by atoms with E-state index in [2.05, 4.69) is 27.4 Å². The van der Waals surface area contributed by atoms with Crippen LogP contribution < -0.4 is 10.6 Å². The van der Waals surface area contributed by atoms with Crippen LogP contribution in [0.25, 0.3) is 0 Å². The van der Waals surface area contributed by atoms with E-state index in [1.54, 1.807) is 12.1 Å². The van der Waals surface area contributed by atoms with Crippen molar-refractivity contribution in [1.82, 2.24) is 10.2 Å². The topological polar surface area (TPSA) is 66.9 Å². The van der Waals surface area contributed by atoms with E-state index < -0.39 is 17.6 Å². The lowest BCUT2D eigenvalue weighted by molar-refractivity contribution is -0.137. The van der Waals surface area contributed by atoms with Crippen molar-refractivity contribution in [3.63, 3.8) is 0 Å². The Kier molecular flexibility index (Phi) is 4.95. The molecule has 2 aromatic rings. The number of nitrogens with one attached hydrogen (secondary N) is 2. The van der Waals surface area contributed by atoms with Gasteiger partial charge in [-0.05, 0) is 36.4 Å². The molecule has 1 aromatic heterocycles. The minimum absolute atomic E-state index is 0.0914. The Morgan fingerprint density at radius 3 is 2.22 bits per heavy atom. The number of hydrogen-bond acceptors (Lipinski definition) is 4. The van der Waals surface area contributed by atoms with Gasteiger partial charge in [-0.25, -0.2) is 0 Å². The average Bonchev–Trinajstić information content (AvgIpc) is 2.53. The molecule has 1 aromatic carbocycles. The fourth-order valence-electron chi connectivity index (χ4n) is 1.67. The predicted octanol–water partition coefficient (Wildman–Crippen LogP) is 3.35. The van der Waals surface area contributed by atoms with Crippen LogP contribution >= 0.6 is 0 Å². The molecule has 23 heavy (non-hydrogen) atoms. The highest BCUT2D eigenvalue weighted by Gasteiger charge is 2.30. The zero-order valence-electron chi connectivity index (χ0n) is 11.9. The largest absolute Gasteiger partial charge is 0.416 e. The number of nitrogens with zero attached hydrogens (tertiary/aromatic N) is 2. The number of rotatable bonds is 5. The summed E-state index contributed by atoms with van der Waals surface area (Å²) in [7, 11) is 0. The quantitative estimate of drug-likeness (QED) is 0.829. The highest BCUT2D eigenvalue weighted by molar-refractivity contribution is 6.03. The highest BCUT2D eigenvalue weighted by atomic mass is 19.4. The number of alkyl halides is 3. The Bertz CT molecular complexity index is 681. The normalized spacial score (nSPS) is 10.9. The number of aromatic nitrogens is 2. The zero-order valence-corrected chi connectivity index (χ0v) is 11.9. The van der Waals surface area contributed by atoms with Crippen LogP contribution in [0.4, 0.5) is 24.8 Å². The van der Waals surface area contributed by atoms with Crippen molar-refractivity contribution in [2.75, 3.05) is 17.2 Å². The van der Waals surface area contributed by atoms with Gasteiger partial charge in [0, 0.05) is 12.1 Å². The predicted molar refractivity (Wildman–Crippen MR) is 80.1 cm³/mol. The minimum Gasteiger partial charge on any atom is -0.365 e. The number of carbonyl (C=O) groups is 1. The molecule has 0 aliphatic carbocycles. The van der Waals surface area contributed by atoms with Crippen molar-refractivity contribution in [3.8, 4) is 0 Å². The van der Waals surface area contributed by atoms with Gasteiger partial charge >= 0.3 is 6.18 Å². The van der Waals surface area contributed by atoms with Gasteiger partial charge in [0.1, 0.15) is 5.82 Å². The molecule has 0 spiro atoms. The second-order valence-electron chi connectivity index (χ2n) is 4.50. The Morgan fingerprint density at radius 2 is 1.70 bits per heavy atom. The number of carbonyl (C=O) groups excluding carboxylic acids is 1. The molecular formula is C15H13F3N4O. The van der Waals surface area contributed by atoms with Crippen molar-refractivity contribution in [3.05, 3.63) is 60.2 Å². The molecule has 2 N–H and O–H groups in total. The summed E-state index contributed by atoms with van der Waals surface area (Å²) < 4.78 is 37.4. The number of halogens is 3. The summed E-state index contributed by atoms with van der Waals surface area (Å²) in [6, 6.07) is 7.04. The van der Waals surface area contributed by atoms with E-state index in [-0.39, 0.29) is 11.4 Å². The maximum Gasteiger partial charge on any atom is 0.416 e. The first kappa shape index (κ1) is 16.5. The molecule has 1 amide bonds. The van der Waals surface area contributed by atoms with Gasteiger partial charge in [-0.3, -0.25) is 4.79 Å². The first-order valence-electron chi connectivity index (χ1n) is 6.57. The number of hydrogen-bond donors (Lipinski definition) is 2. The minimum atomic E-state index is -4.44. The third-order valence-corrected chi connectivity index (χ3v) is 2.81. The third-order valence-electron chi connectivity index (χ3n) is 2.81. The second kappa shape index (κ2) is 6.91. The Hall–Kier alpha value is -2.90. The molecule has 1 heterocycles. The second-order valence-corrected chi connectivity index (χ2v) is 4.50. The van der Waals surface area contributed by atoms with Gasteiger partial charge in [0.2, 0.25) is 0 Å². The third kappa shape index (κ3) is 4.53. The molecule has 0 aliphatic heterocycles. The van der Waals surface area contributed by atoms with Gasteiger partial charge in [0.25, 0.3) is 5.91 Å². The van der Waals surface area contributed by atoms with Crippen molar-refractivity contribution in [1.29, 1.82) is 0 Å². The summed E-state index contributed by atoms with van der Waals surface area (Å²) in [5.41, 5.74) is -0.722. The Labute approximate surface area is 130 Å². The summed E-state index contributed by atoms with van der Waals surface area (Å²) in [5, 5.41) is 13.0. The molecule has 0 aliphatic rings. The van der Waals surface area contributed by atoms with Crippen LogP contribution in [0.1, 0.15) is 15.9 Å². The van der Waals surface area contributed by atoms with E-state index in [1.165, 1.54) is 6.07 Å². The van der Waals surface area contributed by atoms with Crippen molar-refractivity contribution in [2.24, 2.45) is 0 Å². The van der Waals surface area contributed by atoms with Gasteiger partial charge in [0.15, 0.2) is 5.82 Å². The molecule has 0 atom stereocenters. The molecular weight excluding hydrogens is 309 g/mol. The lowest BCUT2D eigenvalue weighted by Crippen LogP contribution is -2.14. The maximum absolute atomic E-state index is 12.5. The van der Waals surface area contributed by atoms with E-state index in [4.69, 9.17) is 0 Å². The van der Waals surface area contributed by atoms with Crippen LogP contribution in [0.5, 0.6) is 0 Å². The van der Waals surface area contributed by atoms with Crippen LogP contribution in [0.3, 0.4) is 0 Å². The molecule has 0 bridgehead atoms. The molecule has 120 valence electrons. The van der Waals surface area contributed by atoms with E-state index >= 15 is 0 Å². The molecule has 0 fully saturated rings. The van der Waals surface area contributed by atoms with Crippen LogP contribution in [0.2, 0.25) is 0 Å². The van der Waals surface area contributed by atoms with Crippen molar-refractivity contribution in [2.45, 2.75) is 6.18 Å². The molecule has 0 saturated carbocycles. The summed E-state index contributed by atoms with van der Waals surface area (Å²) in [6.07, 6.45) is -2.78. The van der Waals surface area contributed by atoms with Crippen LogP contribution in [0, 0.1) is 0 Å². The molecule has 5 nitrogen and oxygen atoms in total. The van der Waals surface area contributed by atoms with Crippen LogP contribution in [-0.2, 0) is 6.18 Å². The van der Waals surface area contributed by atoms with Gasteiger partial charge in [-0.2, -0.15) is 13.2 Å². The van der Waals surface area contributed by atoms with Gasteiger partial charge in [-0.15, -0.1) is 16.8 Å². The smallest absolute Gasteiger partial charge is 0.365 e. The van der Waals surface area contributed by atoms with Crippen molar-refractivity contribution >= 4 is 17.5 Å². The number of anilines is 2. The SMILES string of the molecule is C=CCNc1ccc(NC(=O)c2ccc(C(F)(F)F)cc2)nn1. The average molecular weight is 322 g/mol. The van der Waals surface area contributed by atoms with E-state index in [1.807, 2.05) is 0 Å². The monoisotopic (exact) mass is 322 g/mol. The van der Waals surface area contributed by atoms with E-state index in [0.29, 0.717) is 12.4 Å². The highest BCUT2D eigenvalue weighted by Crippen LogP contribution is 2.29. The van der Waals surface area contributed by atoms with Crippen LogP contribution in [-0.4, -0.2) is 22.6 Å². The lowest BCUT2D eigenvalue weighted by Gasteiger charge is -2.08. The van der Waals surface area contributed by atoms with Crippen LogP contribution in [0.15, 0.2) is 49.1 Å². The first-order chi connectivity index (χ1) is 10.9. The van der Waals surface area contributed by atoms with E-state index in [0.717, 1.165) is 24.3 Å². The number of amides is 1. The lowest BCUT2D eigenvalue weighted by atomic mass is 10.1. The Balaban J connectivity index is 2.02. The summed E-state index contributed by atoms with van der Waals surface area (Å²) in [5.74, 6) is 0.135. The van der Waals surface area contributed by atoms with Crippen molar-refractivity contribution < 1.29 is 18.0 Å². The van der Waals surface area contributed by atoms with Gasteiger partial charge in [0.05, 0.1) is 5.56 Å². The zero-order chi connectivity index (χ0) is 16.9. The fraction of sp³-hybridized carbons (Fsp3) is 0.133.